The molecule has 0 radical (unpaired) electrons. The van der Waals surface area contributed by atoms with Crippen molar-refractivity contribution >= 4 is 40.4 Å². The molecule has 8 heteroatoms. The van der Waals surface area contributed by atoms with Gasteiger partial charge in [-0.05, 0) is 49.9 Å². The molecule has 0 bridgehead atoms. The fraction of sp³-hybridized carbons (Fsp3) is 0.375. The van der Waals surface area contributed by atoms with Gasteiger partial charge in [0.2, 0.25) is 5.91 Å². The van der Waals surface area contributed by atoms with E-state index >= 15 is 0 Å². The second-order valence-corrected chi connectivity index (χ2v) is 9.46. The third-order valence-corrected chi connectivity index (χ3v) is 6.92. The molecule has 1 heterocycles. The summed E-state index contributed by atoms with van der Waals surface area (Å²) in [4.78, 5) is 39.5. The van der Waals surface area contributed by atoms with Gasteiger partial charge in [0.05, 0.1) is 5.41 Å². The summed E-state index contributed by atoms with van der Waals surface area (Å²) in [6.07, 6.45) is 2.58. The van der Waals surface area contributed by atoms with Crippen LogP contribution in [0.5, 0.6) is 0 Å². The standard InChI is InChI=1S/C24H27N3O4S/c28-21(27(19-7-3-1-4-8-19)20-9-5-2-6-10-20)17-24(22(29)30)13-15-26(16-14-24)32-23(31)25-18-11-12-18/h1-10,18H,11-17H2,(H,25,31)(H,29,30). The number of hydrogen-bond donors (Lipinski definition) is 2. The van der Waals surface area contributed by atoms with Crippen molar-refractivity contribution in [2.45, 2.75) is 38.1 Å². The summed E-state index contributed by atoms with van der Waals surface area (Å²) < 4.78 is 1.90. The zero-order valence-electron chi connectivity index (χ0n) is 17.8. The van der Waals surface area contributed by atoms with E-state index in [1.165, 1.54) is 0 Å². The van der Waals surface area contributed by atoms with Crippen LogP contribution in [0.2, 0.25) is 0 Å². The number of anilines is 2. The Labute approximate surface area is 191 Å². The highest BCUT2D eigenvalue weighted by atomic mass is 32.2. The van der Waals surface area contributed by atoms with Gasteiger partial charge in [0.25, 0.3) is 5.24 Å². The lowest BCUT2D eigenvalue weighted by Crippen LogP contribution is -2.46. The predicted octanol–water partition coefficient (Wildman–Crippen LogP) is 4.43. The van der Waals surface area contributed by atoms with Crippen molar-refractivity contribution in [3.8, 4) is 0 Å². The molecule has 1 saturated heterocycles. The molecular weight excluding hydrogens is 426 g/mol. The summed E-state index contributed by atoms with van der Waals surface area (Å²) >= 11 is 1.12. The minimum absolute atomic E-state index is 0.0919. The summed E-state index contributed by atoms with van der Waals surface area (Å²) in [5.41, 5.74) is 0.256. The number of piperidine rings is 1. The van der Waals surface area contributed by atoms with Crippen LogP contribution in [-0.2, 0) is 9.59 Å². The van der Waals surface area contributed by atoms with Crippen LogP contribution in [0.4, 0.5) is 16.2 Å². The normalized spacial score (nSPS) is 18.0. The third-order valence-electron chi connectivity index (χ3n) is 6.01. The second kappa shape index (κ2) is 9.75. The Hall–Kier alpha value is -2.84. The largest absolute Gasteiger partial charge is 0.481 e. The minimum Gasteiger partial charge on any atom is -0.481 e. The van der Waals surface area contributed by atoms with Gasteiger partial charge in [-0.3, -0.25) is 19.3 Å². The number of carboxylic acid groups (broad SMARTS) is 1. The molecule has 2 aromatic carbocycles. The number of carboxylic acids is 1. The zero-order chi connectivity index (χ0) is 22.6. The highest BCUT2D eigenvalue weighted by Gasteiger charge is 2.45. The molecule has 7 nitrogen and oxygen atoms in total. The number of aliphatic carboxylic acids is 1. The number of benzene rings is 2. The number of carbonyl (C=O) groups excluding carboxylic acids is 2. The van der Waals surface area contributed by atoms with Crippen molar-refractivity contribution in [1.82, 2.24) is 9.62 Å². The lowest BCUT2D eigenvalue weighted by Gasteiger charge is -2.38. The first kappa shape index (κ1) is 22.4. The molecule has 32 heavy (non-hydrogen) atoms. The van der Waals surface area contributed by atoms with Crippen molar-refractivity contribution in [3.63, 3.8) is 0 Å². The van der Waals surface area contributed by atoms with E-state index in [2.05, 4.69) is 5.32 Å². The van der Waals surface area contributed by atoms with E-state index in [0.29, 0.717) is 37.3 Å². The Kier molecular flexibility index (Phi) is 6.81. The first-order valence-electron chi connectivity index (χ1n) is 10.9. The van der Waals surface area contributed by atoms with E-state index in [1.807, 2.05) is 65.0 Å². The number of carbonyl (C=O) groups is 3. The van der Waals surface area contributed by atoms with Crippen molar-refractivity contribution < 1.29 is 19.5 Å². The summed E-state index contributed by atoms with van der Waals surface area (Å²) in [7, 11) is 0. The average molecular weight is 454 g/mol. The summed E-state index contributed by atoms with van der Waals surface area (Å²) in [5.74, 6) is -1.21. The van der Waals surface area contributed by atoms with Crippen LogP contribution in [0, 0.1) is 5.41 Å². The van der Waals surface area contributed by atoms with Gasteiger partial charge in [0.1, 0.15) is 0 Å². The van der Waals surface area contributed by atoms with Crippen molar-refractivity contribution in [2.75, 3.05) is 18.0 Å². The van der Waals surface area contributed by atoms with Gasteiger partial charge in [-0.1, -0.05) is 36.4 Å². The highest BCUT2D eigenvalue weighted by Crippen LogP contribution is 2.39. The zero-order valence-corrected chi connectivity index (χ0v) is 18.6. The van der Waals surface area contributed by atoms with Gasteiger partial charge in [-0.15, -0.1) is 0 Å². The topological polar surface area (TPSA) is 90.0 Å². The summed E-state index contributed by atoms with van der Waals surface area (Å²) in [5, 5.41) is 12.9. The fourth-order valence-electron chi connectivity index (χ4n) is 3.97. The van der Waals surface area contributed by atoms with Crippen molar-refractivity contribution in [1.29, 1.82) is 0 Å². The van der Waals surface area contributed by atoms with Crippen molar-refractivity contribution in [3.05, 3.63) is 60.7 Å². The molecule has 1 aliphatic heterocycles. The van der Waals surface area contributed by atoms with Gasteiger partial charge >= 0.3 is 5.97 Å². The lowest BCUT2D eigenvalue weighted by molar-refractivity contribution is -0.153. The number of amides is 2. The molecule has 1 aliphatic carbocycles. The SMILES string of the molecule is O=C(NC1CC1)SN1CCC(CC(=O)N(c2ccccc2)c2ccccc2)(C(=O)O)CC1. The van der Waals surface area contributed by atoms with E-state index in [0.717, 1.165) is 24.8 Å². The molecule has 0 spiro atoms. The van der Waals surface area contributed by atoms with Crippen LogP contribution in [0.15, 0.2) is 60.7 Å². The molecule has 2 aromatic rings. The van der Waals surface area contributed by atoms with Crippen LogP contribution in [0.1, 0.15) is 32.1 Å². The Balaban J connectivity index is 1.47. The Morgan fingerprint density at radius 1 is 0.969 bits per heavy atom. The van der Waals surface area contributed by atoms with Gasteiger partial charge in [0, 0.05) is 48.9 Å². The summed E-state index contributed by atoms with van der Waals surface area (Å²) in [6.45, 7) is 0.887. The molecule has 2 amide bonds. The molecule has 2 N–H and O–H groups in total. The van der Waals surface area contributed by atoms with Gasteiger partial charge in [-0.2, -0.15) is 0 Å². The quantitative estimate of drug-likeness (QED) is 0.603. The maximum atomic E-state index is 13.5. The highest BCUT2D eigenvalue weighted by molar-refractivity contribution is 8.11. The third kappa shape index (κ3) is 5.31. The monoisotopic (exact) mass is 453 g/mol. The van der Waals surface area contributed by atoms with Crippen LogP contribution in [0.3, 0.4) is 0 Å². The average Bonchev–Trinajstić information content (AvgIpc) is 3.60. The van der Waals surface area contributed by atoms with Gasteiger partial charge in [0.15, 0.2) is 0 Å². The van der Waals surface area contributed by atoms with Crippen molar-refractivity contribution in [2.24, 2.45) is 5.41 Å². The maximum Gasteiger partial charge on any atom is 0.310 e. The Bertz CT molecular complexity index is 918. The molecule has 1 saturated carbocycles. The Morgan fingerprint density at radius 2 is 1.50 bits per heavy atom. The number of nitrogens with zero attached hydrogens (tertiary/aromatic N) is 2. The fourth-order valence-corrected chi connectivity index (χ4v) is 4.79. The second-order valence-electron chi connectivity index (χ2n) is 8.39. The van der Waals surface area contributed by atoms with E-state index in [4.69, 9.17) is 0 Å². The van der Waals surface area contributed by atoms with Crippen LogP contribution < -0.4 is 10.2 Å². The minimum atomic E-state index is -1.15. The first-order valence-corrected chi connectivity index (χ1v) is 11.6. The van der Waals surface area contributed by atoms with Gasteiger partial charge in [-0.25, -0.2) is 4.31 Å². The van der Waals surface area contributed by atoms with Gasteiger partial charge < -0.3 is 10.4 Å². The van der Waals surface area contributed by atoms with Crippen LogP contribution >= 0.6 is 11.9 Å². The predicted molar refractivity (Wildman–Crippen MR) is 125 cm³/mol. The van der Waals surface area contributed by atoms with E-state index in [1.54, 1.807) is 4.90 Å². The molecule has 4 rings (SSSR count). The van der Waals surface area contributed by atoms with Crippen LogP contribution in [0.25, 0.3) is 0 Å². The molecule has 168 valence electrons. The molecule has 2 fully saturated rings. The molecule has 0 unspecified atom stereocenters. The summed E-state index contributed by atoms with van der Waals surface area (Å²) in [6, 6.07) is 18.8. The number of hydrogen-bond acceptors (Lipinski definition) is 5. The lowest BCUT2D eigenvalue weighted by atomic mass is 9.75. The molecular formula is C24H27N3O4S. The number of nitrogens with one attached hydrogen (secondary N) is 1. The first-order chi connectivity index (χ1) is 15.5. The molecule has 0 atom stereocenters. The Morgan fingerprint density at radius 3 is 1.97 bits per heavy atom. The number of para-hydroxylation sites is 2. The molecule has 0 aromatic heterocycles. The smallest absolute Gasteiger partial charge is 0.310 e. The molecule has 2 aliphatic rings. The van der Waals surface area contributed by atoms with E-state index in [-0.39, 0.29) is 23.6 Å². The van der Waals surface area contributed by atoms with E-state index < -0.39 is 11.4 Å². The maximum absolute atomic E-state index is 13.5. The van der Waals surface area contributed by atoms with Crippen LogP contribution in [-0.4, -0.2) is 45.7 Å². The van der Waals surface area contributed by atoms with E-state index in [9.17, 15) is 19.5 Å². The number of rotatable bonds is 7.